The molecule has 0 heterocycles. The summed E-state index contributed by atoms with van der Waals surface area (Å²) in [6, 6.07) is 2.13. The van der Waals surface area contributed by atoms with Gasteiger partial charge in [0.2, 0.25) is 0 Å². The van der Waals surface area contributed by atoms with Gasteiger partial charge in [-0.3, -0.25) is 4.55 Å². The molecule has 157 valence electrons. The number of rotatable bonds is 15. The van der Waals surface area contributed by atoms with E-state index in [2.05, 4.69) is 6.92 Å². The van der Waals surface area contributed by atoms with Crippen molar-refractivity contribution in [3.8, 4) is 11.5 Å². The number of hydrogen-bond acceptors (Lipinski definition) is 4. The van der Waals surface area contributed by atoms with E-state index < -0.39 is 20.8 Å². The fraction of sp³-hybridized carbons (Fsp3) is 0.714. The third kappa shape index (κ3) is 12.2. The molecule has 0 unspecified atom stereocenters. The zero-order valence-electron chi connectivity index (χ0n) is 17.6. The first-order valence-electron chi connectivity index (χ1n) is 10.4. The number of phenols is 2. The van der Waals surface area contributed by atoms with Crippen LogP contribution in [0.1, 0.15) is 96.0 Å². The number of hydrogen-bond donors (Lipinski definition) is 3. The number of aryl methyl sites for hydroxylation is 1. The van der Waals surface area contributed by atoms with Crippen molar-refractivity contribution in [3.63, 3.8) is 0 Å². The second-order valence-electron chi connectivity index (χ2n) is 7.42. The third-order valence-electron chi connectivity index (χ3n) is 4.99. The molecule has 0 fully saturated rings. The second kappa shape index (κ2) is 16.1. The summed E-state index contributed by atoms with van der Waals surface area (Å²) in [5.41, 5.74) is 0.503. The summed E-state index contributed by atoms with van der Waals surface area (Å²) >= 11 is 0. The van der Waals surface area contributed by atoms with Gasteiger partial charge in [-0.1, -0.05) is 84.0 Å². The van der Waals surface area contributed by atoms with Gasteiger partial charge in [0.15, 0.2) is 0 Å². The molecule has 5 nitrogen and oxygen atoms in total. The molecule has 1 aromatic carbocycles. The van der Waals surface area contributed by atoms with Gasteiger partial charge in [0.25, 0.3) is 10.1 Å². The van der Waals surface area contributed by atoms with E-state index in [1.807, 2.05) is 0 Å². The Bertz CT molecular complexity index is 646. The molecule has 0 saturated carbocycles. The topological polar surface area (TPSA) is 94.8 Å². The SMILES string of the molecule is CCCCCCCCCCCCCCCc1cc(O)c(S(=O)(=O)O)cc1O.[K]. The smallest absolute Gasteiger partial charge is 0.298 e. The maximum absolute atomic E-state index is 11.1. The van der Waals surface area contributed by atoms with Crippen molar-refractivity contribution in [1.29, 1.82) is 0 Å². The molecule has 0 spiro atoms. The van der Waals surface area contributed by atoms with E-state index in [1.54, 1.807) is 0 Å². The Labute approximate surface area is 213 Å². The molecule has 28 heavy (non-hydrogen) atoms. The summed E-state index contributed by atoms with van der Waals surface area (Å²) in [5.74, 6) is -0.737. The van der Waals surface area contributed by atoms with Crippen LogP contribution < -0.4 is 0 Å². The molecular weight excluding hydrogens is 403 g/mol. The van der Waals surface area contributed by atoms with Gasteiger partial charge in [-0.2, -0.15) is 8.42 Å². The van der Waals surface area contributed by atoms with E-state index in [1.165, 1.54) is 70.3 Å². The van der Waals surface area contributed by atoms with Gasteiger partial charge in [-0.15, -0.1) is 0 Å². The van der Waals surface area contributed by atoms with Crippen LogP contribution in [-0.2, 0) is 16.5 Å². The number of benzene rings is 1. The van der Waals surface area contributed by atoms with Crippen molar-refractivity contribution in [1.82, 2.24) is 0 Å². The van der Waals surface area contributed by atoms with E-state index in [0.29, 0.717) is 12.0 Å². The van der Waals surface area contributed by atoms with Crippen LogP contribution in [0, 0.1) is 0 Å². The minimum atomic E-state index is -4.53. The summed E-state index contributed by atoms with van der Waals surface area (Å²) < 4.78 is 31.2. The van der Waals surface area contributed by atoms with Crippen molar-refractivity contribution in [2.45, 2.75) is 102 Å². The summed E-state index contributed by atoms with van der Waals surface area (Å²) in [5, 5.41) is 19.6. The molecule has 0 aliphatic carbocycles. The van der Waals surface area contributed by atoms with Crippen LogP contribution in [-0.4, -0.2) is 74.6 Å². The average molecular weight is 440 g/mol. The normalized spacial score (nSPS) is 11.4. The Kier molecular flexibility index (Phi) is 16.3. The monoisotopic (exact) mass is 439 g/mol. The Morgan fingerprint density at radius 2 is 1.14 bits per heavy atom. The molecule has 1 radical (unpaired) electrons. The fourth-order valence-corrected chi connectivity index (χ4v) is 3.92. The van der Waals surface area contributed by atoms with E-state index in [-0.39, 0.29) is 57.1 Å². The summed E-state index contributed by atoms with van der Waals surface area (Å²) in [6.45, 7) is 2.24. The van der Waals surface area contributed by atoms with E-state index in [4.69, 9.17) is 4.55 Å². The maximum atomic E-state index is 11.1. The van der Waals surface area contributed by atoms with Crippen LogP contribution in [0.4, 0.5) is 0 Å². The van der Waals surface area contributed by atoms with Crippen LogP contribution in [0.25, 0.3) is 0 Å². The Balaban J connectivity index is 0.00000729. The molecule has 0 aliphatic rings. The molecule has 0 aromatic heterocycles. The molecule has 3 N–H and O–H groups in total. The Morgan fingerprint density at radius 1 is 0.714 bits per heavy atom. The van der Waals surface area contributed by atoms with Gasteiger partial charge in [0.1, 0.15) is 16.4 Å². The Morgan fingerprint density at radius 3 is 1.57 bits per heavy atom. The van der Waals surface area contributed by atoms with Crippen molar-refractivity contribution in [2.75, 3.05) is 0 Å². The number of aromatic hydroxyl groups is 2. The predicted octanol–water partition coefficient (Wildman–Crippen LogP) is 5.60. The van der Waals surface area contributed by atoms with Crippen molar-refractivity contribution in [2.24, 2.45) is 0 Å². The number of unbranched alkanes of at least 4 members (excludes halogenated alkanes) is 12. The second-order valence-corrected chi connectivity index (χ2v) is 8.81. The quantitative estimate of drug-likeness (QED) is 0.143. The molecule has 1 aromatic rings. The first kappa shape index (κ1) is 28.4. The molecule has 1 rings (SSSR count). The first-order valence-corrected chi connectivity index (χ1v) is 11.8. The van der Waals surface area contributed by atoms with Crippen molar-refractivity contribution < 1.29 is 23.2 Å². The third-order valence-corrected chi connectivity index (χ3v) is 5.87. The molecular formula is C21H36KO5S. The summed E-state index contributed by atoms with van der Waals surface area (Å²) in [7, 11) is -4.53. The predicted molar refractivity (Wildman–Crippen MR) is 115 cm³/mol. The van der Waals surface area contributed by atoms with Gasteiger partial charge in [-0.05, 0) is 24.5 Å². The van der Waals surface area contributed by atoms with Crippen LogP contribution in [0.2, 0.25) is 0 Å². The van der Waals surface area contributed by atoms with Gasteiger partial charge >= 0.3 is 0 Å². The Hall–Kier alpha value is 0.366. The molecule has 0 amide bonds. The summed E-state index contributed by atoms with van der Waals surface area (Å²) in [6.07, 6.45) is 16.9. The van der Waals surface area contributed by atoms with E-state index >= 15 is 0 Å². The van der Waals surface area contributed by atoms with Crippen molar-refractivity contribution >= 4 is 61.5 Å². The van der Waals surface area contributed by atoms with Crippen LogP contribution >= 0.6 is 0 Å². The minimum Gasteiger partial charge on any atom is -0.508 e. The first-order chi connectivity index (χ1) is 12.9. The van der Waals surface area contributed by atoms with Gasteiger partial charge < -0.3 is 10.2 Å². The molecule has 0 aliphatic heterocycles. The molecule has 7 heteroatoms. The van der Waals surface area contributed by atoms with Gasteiger partial charge in [0, 0.05) is 57.5 Å². The summed E-state index contributed by atoms with van der Waals surface area (Å²) in [4.78, 5) is -0.658. The molecule has 0 bridgehead atoms. The fourth-order valence-electron chi connectivity index (χ4n) is 3.34. The van der Waals surface area contributed by atoms with Crippen LogP contribution in [0.3, 0.4) is 0 Å². The zero-order valence-corrected chi connectivity index (χ0v) is 21.6. The standard InChI is InChI=1S/C21H36O5S.K/c1-2-3-4-5-6-7-8-9-10-11-12-13-14-15-18-16-20(23)21(17-19(18)22)27(24,25)26;/h16-17,22-23H,2-15H2,1H3,(H,24,25,26);. The zero-order chi connectivity index (χ0) is 20.1. The average Bonchev–Trinajstić information content (AvgIpc) is 2.60. The molecule has 0 saturated heterocycles. The van der Waals surface area contributed by atoms with Crippen LogP contribution in [0.15, 0.2) is 17.0 Å². The molecule has 0 atom stereocenters. The number of phenolic OH excluding ortho intramolecular Hbond substituents is 2. The van der Waals surface area contributed by atoms with Crippen molar-refractivity contribution in [3.05, 3.63) is 17.7 Å². The van der Waals surface area contributed by atoms with Gasteiger partial charge in [0.05, 0.1) is 0 Å². The van der Waals surface area contributed by atoms with E-state index in [9.17, 15) is 18.6 Å². The van der Waals surface area contributed by atoms with Crippen LogP contribution in [0.5, 0.6) is 11.5 Å². The maximum Gasteiger partial charge on any atom is 0.298 e. The van der Waals surface area contributed by atoms with E-state index in [0.717, 1.165) is 25.3 Å². The van der Waals surface area contributed by atoms with Gasteiger partial charge in [-0.25, -0.2) is 0 Å². The largest absolute Gasteiger partial charge is 0.508 e. The minimum absolute atomic E-state index is 0.